The van der Waals surface area contributed by atoms with Gasteiger partial charge >= 0.3 is 0 Å². The van der Waals surface area contributed by atoms with E-state index in [1.54, 1.807) is 18.7 Å². The standard InChI is InChI=1S/C27H30FN5O4S/c1-18-26(19(2)33(30-18)17-25(34)32-15-13-20-6-3-4-8-24(20)32)38(36,37)31-14-5-7-21(16-31)27(35)29-23-11-9-22(28)10-12-23/h3-4,6,8-12,21H,5,7,13-17H2,1-2H3,(H,29,35). The van der Waals surface area contributed by atoms with E-state index < -0.39 is 21.8 Å². The second-order valence-electron chi connectivity index (χ2n) is 9.78. The number of amides is 2. The molecule has 2 aliphatic rings. The van der Waals surface area contributed by atoms with Crippen molar-refractivity contribution in [3.63, 3.8) is 0 Å². The number of halogens is 1. The number of benzene rings is 2. The van der Waals surface area contributed by atoms with E-state index in [1.165, 1.54) is 33.3 Å². The van der Waals surface area contributed by atoms with Gasteiger partial charge in [-0.15, -0.1) is 0 Å². The first-order valence-corrected chi connectivity index (χ1v) is 14.1. The monoisotopic (exact) mass is 539 g/mol. The summed E-state index contributed by atoms with van der Waals surface area (Å²) in [5.41, 5.74) is 3.15. The highest BCUT2D eigenvalue weighted by atomic mass is 32.2. The van der Waals surface area contributed by atoms with Gasteiger partial charge in [0.1, 0.15) is 17.3 Å². The summed E-state index contributed by atoms with van der Waals surface area (Å²) in [5.74, 6) is -1.41. The molecule has 0 aliphatic carbocycles. The van der Waals surface area contributed by atoms with Crippen LogP contribution in [-0.2, 0) is 32.6 Å². The first kappa shape index (κ1) is 26.1. The minimum Gasteiger partial charge on any atom is -0.326 e. The fourth-order valence-corrected chi connectivity index (χ4v) is 7.20. The van der Waals surface area contributed by atoms with Crippen LogP contribution in [0.4, 0.5) is 15.8 Å². The molecule has 5 rings (SSSR count). The summed E-state index contributed by atoms with van der Waals surface area (Å²) < 4.78 is 43.4. The molecular weight excluding hydrogens is 509 g/mol. The number of fused-ring (bicyclic) bond motifs is 1. The lowest BCUT2D eigenvalue weighted by Crippen LogP contribution is -2.44. The molecule has 1 unspecified atom stereocenters. The fourth-order valence-electron chi connectivity index (χ4n) is 5.30. The SMILES string of the molecule is Cc1nn(CC(=O)N2CCc3ccccc32)c(C)c1S(=O)(=O)N1CCCC(C(=O)Nc2ccc(F)cc2)C1. The average molecular weight is 540 g/mol. The van der Waals surface area contributed by atoms with E-state index >= 15 is 0 Å². The highest BCUT2D eigenvalue weighted by Crippen LogP contribution is 2.30. The van der Waals surface area contributed by atoms with Gasteiger partial charge in [0.05, 0.1) is 17.3 Å². The van der Waals surface area contributed by atoms with Gasteiger partial charge in [0.2, 0.25) is 21.8 Å². The third-order valence-electron chi connectivity index (χ3n) is 7.25. The van der Waals surface area contributed by atoms with Crippen LogP contribution in [-0.4, -0.2) is 54.0 Å². The lowest BCUT2D eigenvalue weighted by atomic mass is 9.99. The summed E-state index contributed by atoms with van der Waals surface area (Å²) in [6.07, 6.45) is 1.85. The Bertz CT molecular complexity index is 1490. The molecule has 2 aromatic carbocycles. The van der Waals surface area contributed by atoms with E-state index in [-0.39, 0.29) is 36.3 Å². The van der Waals surface area contributed by atoms with Crippen molar-refractivity contribution >= 4 is 33.2 Å². The second kappa shape index (κ2) is 10.3. The molecule has 2 amide bonds. The summed E-state index contributed by atoms with van der Waals surface area (Å²) in [6, 6.07) is 13.2. The summed E-state index contributed by atoms with van der Waals surface area (Å²) in [4.78, 5) is 27.8. The second-order valence-corrected chi connectivity index (χ2v) is 11.7. The van der Waals surface area contributed by atoms with Gasteiger partial charge in [0.15, 0.2) is 0 Å². The summed E-state index contributed by atoms with van der Waals surface area (Å²) in [5, 5.41) is 7.16. The van der Waals surface area contributed by atoms with Crippen LogP contribution in [0.3, 0.4) is 0 Å². The van der Waals surface area contributed by atoms with Gasteiger partial charge < -0.3 is 10.2 Å². The Balaban J connectivity index is 1.31. The summed E-state index contributed by atoms with van der Waals surface area (Å²) in [7, 11) is -3.96. The Morgan fingerprint density at radius 3 is 2.58 bits per heavy atom. The zero-order valence-electron chi connectivity index (χ0n) is 21.4. The number of para-hydroxylation sites is 1. The minimum atomic E-state index is -3.96. The highest BCUT2D eigenvalue weighted by Gasteiger charge is 2.37. The molecule has 38 heavy (non-hydrogen) atoms. The lowest BCUT2D eigenvalue weighted by Gasteiger charge is -2.31. The molecule has 2 aliphatic heterocycles. The first-order chi connectivity index (χ1) is 18.1. The molecule has 0 radical (unpaired) electrons. The molecule has 200 valence electrons. The van der Waals surface area contributed by atoms with E-state index in [2.05, 4.69) is 10.4 Å². The Kier molecular flexibility index (Phi) is 7.06. The molecule has 3 heterocycles. The number of hydrogen-bond acceptors (Lipinski definition) is 5. The van der Waals surface area contributed by atoms with Crippen molar-refractivity contribution in [2.75, 3.05) is 29.9 Å². The number of nitrogens with zero attached hydrogens (tertiary/aromatic N) is 4. The molecule has 0 spiro atoms. The summed E-state index contributed by atoms with van der Waals surface area (Å²) >= 11 is 0. The molecular formula is C27H30FN5O4S. The molecule has 1 fully saturated rings. The van der Waals surface area contributed by atoms with Gasteiger partial charge in [0.25, 0.3) is 0 Å². The smallest absolute Gasteiger partial charge is 0.248 e. The number of aryl methyl sites for hydroxylation is 1. The quantitative estimate of drug-likeness (QED) is 0.518. The Morgan fingerprint density at radius 2 is 1.82 bits per heavy atom. The van der Waals surface area contributed by atoms with Crippen LogP contribution >= 0.6 is 0 Å². The van der Waals surface area contributed by atoms with Crippen LogP contribution < -0.4 is 10.2 Å². The molecule has 1 N–H and O–H groups in total. The highest BCUT2D eigenvalue weighted by molar-refractivity contribution is 7.89. The third-order valence-corrected chi connectivity index (χ3v) is 9.37. The molecule has 1 saturated heterocycles. The van der Waals surface area contributed by atoms with Crippen molar-refractivity contribution in [3.8, 4) is 0 Å². The van der Waals surface area contributed by atoms with Crippen LogP contribution in [0.2, 0.25) is 0 Å². The van der Waals surface area contributed by atoms with E-state index in [4.69, 9.17) is 0 Å². The zero-order chi connectivity index (χ0) is 27.0. The van der Waals surface area contributed by atoms with E-state index in [1.807, 2.05) is 24.3 Å². The number of aromatic nitrogens is 2. The fraction of sp³-hybridized carbons (Fsp3) is 0.370. The molecule has 11 heteroatoms. The van der Waals surface area contributed by atoms with Gasteiger partial charge in [-0.05, 0) is 69.0 Å². The average Bonchev–Trinajstić information content (AvgIpc) is 3.46. The molecule has 9 nitrogen and oxygen atoms in total. The van der Waals surface area contributed by atoms with Crippen LogP contribution in [0, 0.1) is 25.6 Å². The lowest BCUT2D eigenvalue weighted by molar-refractivity contribution is -0.121. The van der Waals surface area contributed by atoms with Crippen LogP contribution in [0.1, 0.15) is 29.8 Å². The van der Waals surface area contributed by atoms with Crippen molar-refractivity contribution in [2.45, 2.75) is 44.6 Å². The third kappa shape index (κ3) is 4.95. The van der Waals surface area contributed by atoms with Crippen molar-refractivity contribution in [3.05, 3.63) is 71.3 Å². The number of piperidine rings is 1. The zero-order valence-corrected chi connectivity index (χ0v) is 22.2. The first-order valence-electron chi connectivity index (χ1n) is 12.6. The number of hydrogen-bond donors (Lipinski definition) is 1. The maximum Gasteiger partial charge on any atom is 0.248 e. The number of nitrogens with one attached hydrogen (secondary N) is 1. The van der Waals surface area contributed by atoms with Gasteiger partial charge in [-0.25, -0.2) is 12.8 Å². The maximum atomic E-state index is 13.7. The Labute approximate surface area is 221 Å². The molecule has 0 saturated carbocycles. The maximum absolute atomic E-state index is 13.7. The van der Waals surface area contributed by atoms with Crippen molar-refractivity contribution in [1.82, 2.24) is 14.1 Å². The van der Waals surface area contributed by atoms with Gasteiger partial charge in [-0.1, -0.05) is 18.2 Å². The molecule has 1 atom stereocenters. The molecule has 0 bridgehead atoms. The van der Waals surface area contributed by atoms with E-state index in [0.29, 0.717) is 36.5 Å². The largest absolute Gasteiger partial charge is 0.326 e. The topological polar surface area (TPSA) is 105 Å². The van der Waals surface area contributed by atoms with Crippen molar-refractivity contribution < 1.29 is 22.4 Å². The van der Waals surface area contributed by atoms with Gasteiger partial charge in [0, 0.05) is 31.0 Å². The van der Waals surface area contributed by atoms with Crippen LogP contribution in [0.5, 0.6) is 0 Å². The van der Waals surface area contributed by atoms with Gasteiger partial charge in [-0.3, -0.25) is 14.3 Å². The predicted octanol–water partition coefficient (Wildman–Crippen LogP) is 3.27. The minimum absolute atomic E-state index is 0.0307. The van der Waals surface area contributed by atoms with E-state index in [0.717, 1.165) is 17.7 Å². The summed E-state index contributed by atoms with van der Waals surface area (Å²) in [6.45, 7) is 4.10. The van der Waals surface area contributed by atoms with E-state index in [9.17, 15) is 22.4 Å². The number of rotatable bonds is 6. The Morgan fingerprint density at radius 1 is 1.08 bits per heavy atom. The van der Waals surface area contributed by atoms with Crippen molar-refractivity contribution in [1.29, 1.82) is 0 Å². The Hall–Kier alpha value is -3.57. The number of sulfonamides is 1. The van der Waals surface area contributed by atoms with Crippen LogP contribution in [0.15, 0.2) is 53.4 Å². The predicted molar refractivity (Wildman–Crippen MR) is 141 cm³/mol. The van der Waals surface area contributed by atoms with Gasteiger partial charge in [-0.2, -0.15) is 9.40 Å². The van der Waals surface area contributed by atoms with Crippen molar-refractivity contribution in [2.24, 2.45) is 5.92 Å². The molecule has 1 aromatic heterocycles. The normalized spacial score (nSPS) is 17.9. The number of anilines is 2. The van der Waals surface area contributed by atoms with Crippen LogP contribution in [0.25, 0.3) is 0 Å². The number of carbonyl (C=O) groups excluding carboxylic acids is 2. The molecule has 3 aromatic rings. The number of carbonyl (C=O) groups is 2.